The number of H-pyrrole nitrogens is 1. The summed E-state index contributed by atoms with van der Waals surface area (Å²) in [4.78, 5) is 43.6. The van der Waals surface area contributed by atoms with Crippen LogP contribution in [0.4, 0.5) is 14.9 Å². The van der Waals surface area contributed by atoms with Crippen LogP contribution in [0.5, 0.6) is 0 Å². The number of nitrogens with one attached hydrogen (secondary N) is 3. The fraction of sp³-hybridized carbons (Fsp3) is 0.321. The summed E-state index contributed by atoms with van der Waals surface area (Å²) in [7, 11) is 0. The fourth-order valence-electron chi connectivity index (χ4n) is 4.63. The number of aromatic nitrogens is 1. The molecule has 37 heavy (non-hydrogen) atoms. The lowest BCUT2D eigenvalue weighted by Gasteiger charge is -2.29. The Hall–Kier alpha value is -4.14. The fourth-order valence-corrected chi connectivity index (χ4v) is 4.63. The number of carbonyl (C=O) groups excluding carboxylic acids is 3. The highest BCUT2D eigenvalue weighted by Gasteiger charge is 2.37. The number of urea groups is 1. The lowest BCUT2D eigenvalue weighted by atomic mass is 9.81. The number of aromatic amines is 1. The molecule has 3 amide bonds. The number of esters is 1. The Kier molecular flexibility index (Phi) is 7.07. The molecule has 0 aliphatic carbocycles. The first-order chi connectivity index (χ1) is 17.5. The molecule has 2 heterocycles. The van der Waals surface area contributed by atoms with Crippen molar-refractivity contribution in [3.63, 3.8) is 0 Å². The molecule has 3 N–H and O–H groups in total. The molecular formula is C28H31FN4O4. The molecule has 1 aromatic heterocycles. The Morgan fingerprint density at radius 2 is 1.84 bits per heavy atom. The van der Waals surface area contributed by atoms with E-state index < -0.39 is 17.2 Å². The average Bonchev–Trinajstić information content (AvgIpc) is 3.15. The molecule has 9 heteroatoms. The number of ether oxygens (including phenoxy) is 1. The smallest absolute Gasteiger partial charge is 0.341 e. The largest absolute Gasteiger partial charge is 0.462 e. The number of amides is 3. The monoisotopic (exact) mass is 506 g/mol. The van der Waals surface area contributed by atoms with E-state index >= 15 is 0 Å². The van der Waals surface area contributed by atoms with E-state index in [0.29, 0.717) is 16.9 Å². The quantitative estimate of drug-likeness (QED) is 0.415. The number of hydrogen-bond acceptors (Lipinski definition) is 4. The molecule has 0 saturated carbocycles. The van der Waals surface area contributed by atoms with Gasteiger partial charge in [-0.3, -0.25) is 4.79 Å². The molecular weight excluding hydrogens is 475 g/mol. The van der Waals surface area contributed by atoms with E-state index in [1.165, 1.54) is 35.4 Å². The summed E-state index contributed by atoms with van der Waals surface area (Å²) in [5.74, 6) is -1.37. The lowest BCUT2D eigenvalue weighted by Crippen LogP contribution is -2.37. The third-order valence-electron chi connectivity index (χ3n) is 6.12. The summed E-state index contributed by atoms with van der Waals surface area (Å²) >= 11 is 0. The molecule has 0 atom stereocenters. The zero-order chi connectivity index (χ0) is 26.9. The molecule has 0 saturated heterocycles. The first kappa shape index (κ1) is 25.9. The normalized spacial score (nSPS) is 14.6. The maximum atomic E-state index is 13.5. The minimum absolute atomic E-state index is 0.0203. The van der Waals surface area contributed by atoms with Gasteiger partial charge < -0.3 is 25.3 Å². The summed E-state index contributed by atoms with van der Waals surface area (Å²) < 4.78 is 18.8. The number of fused-ring (bicyclic) bond motifs is 3. The van der Waals surface area contributed by atoms with Gasteiger partial charge in [0.1, 0.15) is 5.82 Å². The molecule has 194 valence electrons. The van der Waals surface area contributed by atoms with Crippen LogP contribution in [-0.4, -0.2) is 47.0 Å². The number of anilines is 1. The van der Waals surface area contributed by atoms with Crippen molar-refractivity contribution in [3.8, 4) is 0 Å². The van der Waals surface area contributed by atoms with E-state index in [1.54, 1.807) is 13.0 Å². The van der Waals surface area contributed by atoms with Gasteiger partial charge in [-0.1, -0.05) is 13.8 Å². The van der Waals surface area contributed by atoms with Crippen molar-refractivity contribution in [3.05, 3.63) is 71.3 Å². The van der Waals surface area contributed by atoms with Crippen molar-refractivity contribution < 1.29 is 23.5 Å². The predicted octanol–water partition coefficient (Wildman–Crippen LogP) is 5.17. The Morgan fingerprint density at radius 3 is 2.49 bits per heavy atom. The lowest BCUT2D eigenvalue weighted by molar-refractivity contribution is -0.136. The van der Waals surface area contributed by atoms with Gasteiger partial charge in [0.15, 0.2) is 0 Å². The molecule has 0 fully saturated rings. The van der Waals surface area contributed by atoms with Crippen LogP contribution < -0.4 is 10.6 Å². The van der Waals surface area contributed by atoms with Crippen molar-refractivity contribution in [2.45, 2.75) is 46.1 Å². The maximum Gasteiger partial charge on any atom is 0.341 e. The summed E-state index contributed by atoms with van der Waals surface area (Å²) in [5.41, 5.74) is 2.64. The van der Waals surface area contributed by atoms with Crippen molar-refractivity contribution >= 4 is 40.1 Å². The van der Waals surface area contributed by atoms with Gasteiger partial charge in [0.05, 0.1) is 17.9 Å². The molecule has 1 aliphatic heterocycles. The molecule has 0 radical (unpaired) electrons. The van der Waals surface area contributed by atoms with E-state index in [-0.39, 0.29) is 36.7 Å². The highest BCUT2D eigenvalue weighted by Crippen LogP contribution is 2.41. The Labute approximate surface area is 214 Å². The third kappa shape index (κ3) is 5.35. The predicted molar refractivity (Wildman–Crippen MR) is 141 cm³/mol. The van der Waals surface area contributed by atoms with Crippen LogP contribution in [0.2, 0.25) is 0 Å². The van der Waals surface area contributed by atoms with E-state index in [4.69, 9.17) is 4.74 Å². The molecule has 1 aliphatic rings. The van der Waals surface area contributed by atoms with Crippen LogP contribution >= 0.6 is 0 Å². The summed E-state index contributed by atoms with van der Waals surface area (Å²) in [5, 5.41) is 6.46. The zero-order valence-corrected chi connectivity index (χ0v) is 21.6. The molecule has 0 bridgehead atoms. The second-order valence-corrected chi connectivity index (χ2v) is 9.98. The van der Waals surface area contributed by atoms with Crippen LogP contribution in [0.15, 0.2) is 48.7 Å². The van der Waals surface area contributed by atoms with E-state index in [9.17, 15) is 18.8 Å². The van der Waals surface area contributed by atoms with Crippen LogP contribution in [0.1, 0.15) is 56.2 Å². The molecule has 8 nitrogen and oxygen atoms in total. The minimum Gasteiger partial charge on any atom is -0.462 e. The first-order valence-electron chi connectivity index (χ1n) is 12.2. The van der Waals surface area contributed by atoms with Gasteiger partial charge in [0.2, 0.25) is 0 Å². The van der Waals surface area contributed by atoms with Crippen molar-refractivity contribution in [2.24, 2.45) is 0 Å². The number of nitrogens with zero attached hydrogens (tertiary/aromatic N) is 1. The molecule has 3 aromatic rings. The number of rotatable bonds is 5. The third-order valence-corrected chi connectivity index (χ3v) is 6.12. The van der Waals surface area contributed by atoms with Gasteiger partial charge in [-0.2, -0.15) is 0 Å². The average molecular weight is 507 g/mol. The van der Waals surface area contributed by atoms with Gasteiger partial charge in [-0.05, 0) is 68.8 Å². The number of benzene rings is 2. The summed E-state index contributed by atoms with van der Waals surface area (Å²) in [6, 6.07) is 10.4. The highest BCUT2D eigenvalue weighted by atomic mass is 19.1. The van der Waals surface area contributed by atoms with E-state index in [0.717, 1.165) is 16.5 Å². The molecule has 0 unspecified atom stereocenters. The number of hydrogen-bond donors (Lipinski definition) is 3. The second-order valence-electron chi connectivity index (χ2n) is 9.98. The van der Waals surface area contributed by atoms with Crippen LogP contribution in [0.3, 0.4) is 0 Å². The van der Waals surface area contributed by atoms with Crippen LogP contribution in [-0.2, 0) is 14.9 Å². The standard InChI is InChI=1S/C28H31FN4O4/c1-6-37-26(35)21-14-33(25(34)17-7-9-18(29)10-8-17)15-28(4,5)23-20-13-19(31-27(36)30-16(2)3)11-12-22(20)32-24(21)23/h7-14,16,32H,6,15H2,1-5H3,(H2,30,31,36). The first-order valence-corrected chi connectivity index (χ1v) is 12.2. The topological polar surface area (TPSA) is 104 Å². The number of halogens is 1. The summed E-state index contributed by atoms with van der Waals surface area (Å²) in [6.45, 7) is 9.85. The summed E-state index contributed by atoms with van der Waals surface area (Å²) in [6.07, 6.45) is 1.50. The maximum absolute atomic E-state index is 13.5. The van der Waals surface area contributed by atoms with Gasteiger partial charge >= 0.3 is 12.0 Å². The molecule has 0 spiro atoms. The van der Waals surface area contributed by atoms with Crippen molar-refractivity contribution in [2.75, 3.05) is 18.5 Å². The zero-order valence-electron chi connectivity index (χ0n) is 21.6. The molecule has 4 rings (SSSR count). The van der Waals surface area contributed by atoms with Crippen molar-refractivity contribution in [1.82, 2.24) is 15.2 Å². The Bertz CT molecular complexity index is 1390. The van der Waals surface area contributed by atoms with Crippen LogP contribution in [0, 0.1) is 5.82 Å². The van der Waals surface area contributed by atoms with Crippen LogP contribution in [0.25, 0.3) is 16.5 Å². The van der Waals surface area contributed by atoms with E-state index in [2.05, 4.69) is 15.6 Å². The van der Waals surface area contributed by atoms with Gasteiger partial charge in [0.25, 0.3) is 5.91 Å². The van der Waals surface area contributed by atoms with Gasteiger partial charge in [-0.15, -0.1) is 0 Å². The minimum atomic E-state index is -0.618. The second kappa shape index (κ2) is 10.1. The van der Waals surface area contributed by atoms with Gasteiger partial charge in [0, 0.05) is 46.4 Å². The Balaban J connectivity index is 1.83. The van der Waals surface area contributed by atoms with Gasteiger partial charge in [-0.25, -0.2) is 14.0 Å². The van der Waals surface area contributed by atoms with Crippen molar-refractivity contribution in [1.29, 1.82) is 0 Å². The number of carbonyl (C=O) groups is 3. The SMILES string of the molecule is CCOC(=O)C1=CN(C(=O)c2ccc(F)cc2)CC(C)(C)c2c1[nH]c1ccc(NC(=O)NC(C)C)cc21. The Morgan fingerprint density at radius 1 is 1.14 bits per heavy atom. The highest BCUT2D eigenvalue weighted by molar-refractivity contribution is 6.18. The van der Waals surface area contributed by atoms with E-state index in [1.807, 2.05) is 39.8 Å². The molecule has 2 aromatic carbocycles.